The molecule has 0 aliphatic rings. The first-order valence-electron chi connectivity index (χ1n) is 10.3. The number of unbranched alkanes of at least 4 members (excludes halogenated alkanes) is 9. The van der Waals surface area contributed by atoms with Crippen LogP contribution in [0.1, 0.15) is 77.6 Å². The highest BCUT2D eigenvalue weighted by atomic mass is 32.2. The Morgan fingerprint density at radius 2 is 1.54 bits per heavy atom. The lowest BCUT2D eigenvalue weighted by Gasteiger charge is -2.13. The van der Waals surface area contributed by atoms with E-state index < -0.39 is 12.0 Å². The van der Waals surface area contributed by atoms with Crippen molar-refractivity contribution in [2.24, 2.45) is 0 Å². The lowest BCUT2D eigenvalue weighted by molar-refractivity contribution is -0.139. The van der Waals surface area contributed by atoms with Gasteiger partial charge in [0.1, 0.15) is 6.04 Å². The highest BCUT2D eigenvalue weighted by molar-refractivity contribution is 7.99. The number of nitrogens with one attached hydrogen (secondary N) is 1. The van der Waals surface area contributed by atoms with Crippen molar-refractivity contribution in [3.05, 3.63) is 0 Å². The van der Waals surface area contributed by atoms with Crippen molar-refractivity contribution < 1.29 is 19.4 Å². The van der Waals surface area contributed by atoms with E-state index in [9.17, 15) is 4.79 Å². The van der Waals surface area contributed by atoms with Crippen LogP contribution in [0, 0.1) is 0 Å². The minimum Gasteiger partial charge on any atom is -0.480 e. The molecule has 0 aromatic heterocycles. The van der Waals surface area contributed by atoms with E-state index in [0.29, 0.717) is 5.75 Å². The number of thioether (sulfide) groups is 1. The second-order valence-corrected chi connectivity index (χ2v) is 7.90. The van der Waals surface area contributed by atoms with Gasteiger partial charge in [-0.1, -0.05) is 64.7 Å². The Balaban J connectivity index is 3.22. The lowest BCUT2D eigenvalue weighted by atomic mass is 10.1. The molecule has 0 saturated carbocycles. The second kappa shape index (κ2) is 21.0. The number of ether oxygens (including phenoxy) is 2. The van der Waals surface area contributed by atoms with Gasteiger partial charge in [0.2, 0.25) is 0 Å². The predicted molar refractivity (Wildman–Crippen MR) is 111 cm³/mol. The van der Waals surface area contributed by atoms with Crippen LogP contribution in [-0.4, -0.2) is 55.7 Å². The average Bonchev–Trinajstić information content (AvgIpc) is 2.63. The minimum absolute atomic E-state index is 0.263. The molecule has 156 valence electrons. The first-order valence-corrected chi connectivity index (χ1v) is 11.5. The highest BCUT2D eigenvalue weighted by Gasteiger charge is 2.15. The summed E-state index contributed by atoms with van der Waals surface area (Å²) in [7, 11) is 1.55. The molecule has 0 aliphatic carbocycles. The molecule has 0 radical (unpaired) electrons. The smallest absolute Gasteiger partial charge is 0.321 e. The summed E-state index contributed by atoms with van der Waals surface area (Å²) >= 11 is 1.65. The van der Waals surface area contributed by atoms with Crippen molar-refractivity contribution in [2.75, 3.05) is 38.6 Å². The SMILES string of the molecule is CCCCCCCCCCCCOCCCSCC(NCOC)C(=O)O. The standard InChI is InChI=1S/C20H41NO4S/c1-3-4-5-6-7-8-9-10-11-12-14-25-15-13-16-26-17-19(20(22)23)21-18-24-2/h19,21H,3-18H2,1-2H3,(H,22,23). The Hall–Kier alpha value is -0.300. The van der Waals surface area contributed by atoms with Crippen LogP contribution in [-0.2, 0) is 14.3 Å². The van der Waals surface area contributed by atoms with Crippen LogP contribution in [0.3, 0.4) is 0 Å². The maximum absolute atomic E-state index is 11.0. The fourth-order valence-corrected chi connectivity index (χ4v) is 3.64. The number of hydrogen-bond donors (Lipinski definition) is 2. The number of rotatable bonds is 21. The summed E-state index contributed by atoms with van der Waals surface area (Å²) < 4.78 is 10.5. The van der Waals surface area contributed by atoms with E-state index in [1.165, 1.54) is 57.8 Å². The van der Waals surface area contributed by atoms with Gasteiger partial charge in [-0.15, -0.1) is 0 Å². The summed E-state index contributed by atoms with van der Waals surface area (Å²) in [6, 6.07) is -0.549. The van der Waals surface area contributed by atoms with E-state index in [0.717, 1.165) is 31.8 Å². The number of carboxylic acid groups (broad SMARTS) is 1. The van der Waals surface area contributed by atoms with Crippen molar-refractivity contribution in [1.29, 1.82) is 0 Å². The minimum atomic E-state index is -0.827. The van der Waals surface area contributed by atoms with Gasteiger partial charge in [0.05, 0.1) is 6.73 Å². The maximum atomic E-state index is 11.0. The molecule has 0 heterocycles. The van der Waals surface area contributed by atoms with Crippen LogP contribution in [0.5, 0.6) is 0 Å². The maximum Gasteiger partial charge on any atom is 0.321 e. The third-order valence-corrected chi connectivity index (χ3v) is 5.42. The number of carboxylic acids is 1. The third kappa shape index (κ3) is 18.5. The summed E-state index contributed by atoms with van der Waals surface area (Å²) in [6.07, 6.45) is 14.4. The summed E-state index contributed by atoms with van der Waals surface area (Å²) in [5.74, 6) is 0.653. The Kier molecular flexibility index (Phi) is 20.8. The summed E-state index contributed by atoms with van der Waals surface area (Å²) in [4.78, 5) is 11.0. The molecule has 1 unspecified atom stereocenters. The lowest BCUT2D eigenvalue weighted by Crippen LogP contribution is -2.39. The first-order chi connectivity index (χ1) is 12.7. The largest absolute Gasteiger partial charge is 0.480 e. The number of aliphatic carboxylic acids is 1. The zero-order chi connectivity index (χ0) is 19.3. The van der Waals surface area contributed by atoms with E-state index in [1.807, 2.05) is 0 Å². The van der Waals surface area contributed by atoms with Crippen LogP contribution in [0.25, 0.3) is 0 Å². The summed E-state index contributed by atoms with van der Waals surface area (Å²) in [6.45, 7) is 4.15. The molecule has 0 saturated heterocycles. The fourth-order valence-electron chi connectivity index (χ4n) is 2.66. The molecule has 0 aromatic rings. The van der Waals surface area contributed by atoms with Gasteiger partial charge in [-0.2, -0.15) is 11.8 Å². The number of methoxy groups -OCH3 is 1. The Morgan fingerprint density at radius 1 is 0.962 bits per heavy atom. The van der Waals surface area contributed by atoms with E-state index in [1.54, 1.807) is 18.9 Å². The zero-order valence-corrected chi connectivity index (χ0v) is 17.8. The van der Waals surface area contributed by atoms with Crippen molar-refractivity contribution in [1.82, 2.24) is 5.32 Å². The van der Waals surface area contributed by atoms with Crippen LogP contribution < -0.4 is 5.32 Å². The molecule has 0 rings (SSSR count). The van der Waals surface area contributed by atoms with Crippen LogP contribution in [0.2, 0.25) is 0 Å². The molecule has 1 atom stereocenters. The fraction of sp³-hybridized carbons (Fsp3) is 0.950. The molecule has 6 heteroatoms. The molecule has 2 N–H and O–H groups in total. The van der Waals surface area contributed by atoms with Crippen LogP contribution in [0.15, 0.2) is 0 Å². The normalized spacial score (nSPS) is 12.4. The van der Waals surface area contributed by atoms with Gasteiger partial charge >= 0.3 is 5.97 Å². The Bertz CT molecular complexity index is 306. The average molecular weight is 392 g/mol. The van der Waals surface area contributed by atoms with Crippen molar-refractivity contribution in [3.8, 4) is 0 Å². The molecular weight excluding hydrogens is 350 g/mol. The van der Waals surface area contributed by atoms with E-state index in [2.05, 4.69) is 12.2 Å². The monoisotopic (exact) mass is 391 g/mol. The van der Waals surface area contributed by atoms with Gasteiger partial charge in [0, 0.05) is 26.1 Å². The van der Waals surface area contributed by atoms with Gasteiger partial charge in [0.15, 0.2) is 0 Å². The molecule has 26 heavy (non-hydrogen) atoms. The van der Waals surface area contributed by atoms with Crippen LogP contribution in [0.4, 0.5) is 0 Å². The van der Waals surface area contributed by atoms with E-state index >= 15 is 0 Å². The number of carbonyl (C=O) groups is 1. The molecule has 5 nitrogen and oxygen atoms in total. The molecule has 0 aromatic carbocycles. The molecule has 0 fully saturated rings. The molecular formula is C20H41NO4S. The number of hydrogen-bond acceptors (Lipinski definition) is 5. The molecule has 0 amide bonds. The Morgan fingerprint density at radius 3 is 2.12 bits per heavy atom. The first kappa shape index (κ1) is 25.7. The van der Waals surface area contributed by atoms with Gasteiger partial charge < -0.3 is 14.6 Å². The third-order valence-electron chi connectivity index (χ3n) is 4.28. The van der Waals surface area contributed by atoms with Gasteiger partial charge in [-0.3, -0.25) is 10.1 Å². The van der Waals surface area contributed by atoms with Crippen LogP contribution >= 0.6 is 11.8 Å². The molecule has 0 spiro atoms. The molecule has 0 bridgehead atoms. The second-order valence-electron chi connectivity index (χ2n) is 6.75. The zero-order valence-electron chi connectivity index (χ0n) is 17.0. The highest BCUT2D eigenvalue weighted by Crippen LogP contribution is 2.10. The van der Waals surface area contributed by atoms with Gasteiger partial charge in [-0.05, 0) is 18.6 Å². The molecule has 0 aliphatic heterocycles. The topological polar surface area (TPSA) is 67.8 Å². The Labute approximate surface area is 165 Å². The van der Waals surface area contributed by atoms with Crippen molar-refractivity contribution in [2.45, 2.75) is 83.6 Å². The summed E-state index contributed by atoms with van der Waals surface area (Å²) in [5, 5.41) is 11.9. The summed E-state index contributed by atoms with van der Waals surface area (Å²) in [5.41, 5.74) is 0. The quantitative estimate of drug-likeness (QED) is 0.218. The van der Waals surface area contributed by atoms with E-state index in [4.69, 9.17) is 14.6 Å². The van der Waals surface area contributed by atoms with Crippen molar-refractivity contribution in [3.63, 3.8) is 0 Å². The van der Waals surface area contributed by atoms with E-state index in [-0.39, 0.29) is 6.73 Å². The van der Waals surface area contributed by atoms with Gasteiger partial charge in [0.25, 0.3) is 0 Å². The van der Waals surface area contributed by atoms with Gasteiger partial charge in [-0.25, -0.2) is 0 Å². The predicted octanol–water partition coefficient (Wildman–Crippen LogP) is 4.69. The van der Waals surface area contributed by atoms with Crippen molar-refractivity contribution >= 4 is 17.7 Å².